The van der Waals surface area contributed by atoms with Crippen LogP contribution in [0.3, 0.4) is 0 Å². The molecule has 1 heterocycles. The van der Waals surface area contributed by atoms with Gasteiger partial charge in [0.25, 0.3) is 0 Å². The second-order valence-electron chi connectivity index (χ2n) is 10.7. The first-order valence-electron chi connectivity index (χ1n) is 14.4. The summed E-state index contributed by atoms with van der Waals surface area (Å²) in [5, 5.41) is 0. The van der Waals surface area contributed by atoms with Crippen molar-refractivity contribution in [2.75, 3.05) is 65.1 Å². The molecule has 1 aromatic heterocycles. The highest BCUT2D eigenvalue weighted by atomic mass is 16.6. The lowest BCUT2D eigenvalue weighted by atomic mass is 10.0. The first-order valence-corrected chi connectivity index (χ1v) is 14.4. The summed E-state index contributed by atoms with van der Waals surface area (Å²) in [5.74, 6) is 0.861. The van der Waals surface area contributed by atoms with Crippen molar-refractivity contribution in [3.05, 3.63) is 59.8 Å². The molecule has 0 N–H and O–H groups in total. The summed E-state index contributed by atoms with van der Waals surface area (Å²) in [7, 11) is 4.11. The molecule has 39 heavy (non-hydrogen) atoms. The van der Waals surface area contributed by atoms with Gasteiger partial charge in [-0.05, 0) is 71.8 Å². The van der Waals surface area contributed by atoms with Crippen LogP contribution in [0.2, 0.25) is 0 Å². The monoisotopic (exact) mass is 543 g/mol. The van der Waals surface area contributed by atoms with Gasteiger partial charge in [0.1, 0.15) is 11.4 Å². The number of pyridine rings is 1. The molecule has 0 bridgehead atoms. The fourth-order valence-electron chi connectivity index (χ4n) is 3.89. The molecule has 0 radical (unpaired) electrons. The maximum Gasteiger partial charge on any atom is 0.308 e. The number of aryl methyl sites for hydroxylation is 1. The Kier molecular flexibility index (Phi) is 18.1. The van der Waals surface area contributed by atoms with Crippen molar-refractivity contribution in [2.24, 2.45) is 0 Å². The minimum atomic E-state index is -0.367. The van der Waals surface area contributed by atoms with Gasteiger partial charge in [-0.2, -0.15) is 0 Å². The summed E-state index contributed by atoms with van der Waals surface area (Å²) < 4.78 is 16.6. The maximum atomic E-state index is 11.7. The van der Waals surface area contributed by atoms with Crippen LogP contribution in [0.25, 0.3) is 0 Å². The van der Waals surface area contributed by atoms with Gasteiger partial charge in [-0.1, -0.05) is 56.2 Å². The van der Waals surface area contributed by atoms with E-state index in [1.165, 1.54) is 11.1 Å². The summed E-state index contributed by atoms with van der Waals surface area (Å²) in [5.41, 5.74) is 2.15. The van der Waals surface area contributed by atoms with Crippen LogP contribution >= 0.6 is 0 Å². The highest BCUT2D eigenvalue weighted by Crippen LogP contribution is 2.17. The fourth-order valence-corrected chi connectivity index (χ4v) is 3.89. The number of nitrogens with zero attached hydrogens (tertiary/aromatic N) is 3. The number of carbonyl (C=O) groups is 1. The summed E-state index contributed by atoms with van der Waals surface area (Å²) in [6.45, 7) is 15.7. The van der Waals surface area contributed by atoms with Gasteiger partial charge in [0.05, 0.1) is 32.8 Å². The molecule has 0 saturated heterocycles. The van der Waals surface area contributed by atoms with Crippen LogP contribution in [0.5, 0.6) is 0 Å². The minimum absolute atomic E-state index is 0.177. The topological polar surface area (TPSA) is 64.1 Å². The first kappa shape index (κ1) is 34.5. The van der Waals surface area contributed by atoms with Crippen molar-refractivity contribution in [3.8, 4) is 0 Å². The predicted molar refractivity (Wildman–Crippen MR) is 162 cm³/mol. The summed E-state index contributed by atoms with van der Waals surface area (Å²) >= 11 is 0. The Labute approximate surface area is 237 Å². The third kappa shape index (κ3) is 17.7. The molecule has 0 atom stereocenters. The van der Waals surface area contributed by atoms with E-state index in [1.54, 1.807) is 0 Å². The Morgan fingerprint density at radius 1 is 0.872 bits per heavy atom. The van der Waals surface area contributed by atoms with E-state index >= 15 is 0 Å². The Morgan fingerprint density at radius 2 is 1.56 bits per heavy atom. The van der Waals surface area contributed by atoms with E-state index in [4.69, 9.17) is 14.2 Å². The molecule has 0 aliphatic carbocycles. The van der Waals surface area contributed by atoms with Crippen LogP contribution in [0.1, 0.15) is 64.5 Å². The quantitative estimate of drug-likeness (QED) is 0.170. The van der Waals surface area contributed by atoms with Crippen molar-refractivity contribution >= 4 is 11.8 Å². The number of likely N-dealkylation sites (N-methyl/N-ethyl adjacent to an activating group) is 1. The highest BCUT2D eigenvalue weighted by Gasteiger charge is 2.21. The van der Waals surface area contributed by atoms with E-state index < -0.39 is 0 Å². The number of esters is 1. The number of benzene rings is 1. The second-order valence-corrected chi connectivity index (χ2v) is 10.7. The summed E-state index contributed by atoms with van der Waals surface area (Å²) in [6, 6.07) is 14.4. The second kappa shape index (κ2) is 20.4. The largest absolute Gasteiger partial charge is 0.460 e. The fraction of sp³-hybridized carbons (Fsp3) is 0.625. The Balaban J connectivity index is 0.000000395. The number of hydrogen-bond acceptors (Lipinski definition) is 7. The van der Waals surface area contributed by atoms with E-state index in [1.807, 2.05) is 32.2 Å². The number of ether oxygens (including phenoxy) is 3. The zero-order valence-electron chi connectivity index (χ0n) is 25.6. The molecule has 0 spiro atoms. The average Bonchev–Trinajstić information content (AvgIpc) is 2.89. The third-order valence-corrected chi connectivity index (χ3v) is 6.00. The van der Waals surface area contributed by atoms with Crippen molar-refractivity contribution in [1.29, 1.82) is 0 Å². The number of carbonyl (C=O) groups excluding carboxylic acids is 1. The average molecular weight is 544 g/mol. The van der Waals surface area contributed by atoms with Crippen molar-refractivity contribution in [3.63, 3.8) is 0 Å². The van der Waals surface area contributed by atoms with Gasteiger partial charge in [-0.3, -0.25) is 4.79 Å². The molecule has 2 aromatic rings. The molecule has 0 aliphatic rings. The number of aromatic nitrogens is 1. The number of rotatable bonds is 18. The van der Waals surface area contributed by atoms with Gasteiger partial charge in [0, 0.05) is 25.8 Å². The van der Waals surface area contributed by atoms with Gasteiger partial charge in [-0.15, -0.1) is 0 Å². The molecule has 0 aliphatic heterocycles. The molecule has 220 valence electrons. The van der Waals surface area contributed by atoms with Crippen LogP contribution < -0.4 is 4.90 Å². The maximum absolute atomic E-state index is 11.7. The third-order valence-electron chi connectivity index (χ3n) is 6.00. The number of anilines is 1. The van der Waals surface area contributed by atoms with Crippen LogP contribution in [0.15, 0.2) is 48.7 Å². The summed E-state index contributed by atoms with van der Waals surface area (Å²) in [6.07, 6.45) is 6.04. The zero-order chi connectivity index (χ0) is 28.9. The first-order chi connectivity index (χ1) is 18.7. The lowest BCUT2D eigenvalue weighted by Gasteiger charge is -2.24. The van der Waals surface area contributed by atoms with E-state index in [0.29, 0.717) is 19.6 Å². The Hall–Kier alpha value is -2.48. The summed E-state index contributed by atoms with van der Waals surface area (Å²) in [4.78, 5) is 20.5. The van der Waals surface area contributed by atoms with Crippen molar-refractivity contribution < 1.29 is 19.0 Å². The van der Waals surface area contributed by atoms with Gasteiger partial charge in [0.15, 0.2) is 0 Å². The van der Waals surface area contributed by atoms with Gasteiger partial charge < -0.3 is 24.0 Å². The lowest BCUT2D eigenvalue weighted by molar-refractivity contribution is -0.158. The van der Waals surface area contributed by atoms with E-state index in [2.05, 4.69) is 80.0 Å². The molecule has 2 rings (SSSR count). The Morgan fingerprint density at radius 3 is 2.18 bits per heavy atom. The predicted octanol–water partition coefficient (Wildman–Crippen LogP) is 5.94. The molecule has 7 nitrogen and oxygen atoms in total. The standard InChI is InChI=1S/C18H28O3.C14H25N3O/c1-5-12-18(3,4)21-17(19)11-14-20-13-10-16-8-6-15(2)7-9-16;1-4-9-17(14-7-5-6-8-15-14)11-13-18-12-10-16(2)3/h6-9H,5,10-14H2,1-4H3;5-8H,4,9-13H2,1-3H3. The molecule has 1 aromatic carbocycles. The van der Waals surface area contributed by atoms with Crippen LogP contribution in [-0.4, -0.2) is 81.6 Å². The van der Waals surface area contributed by atoms with E-state index in [0.717, 1.165) is 64.3 Å². The van der Waals surface area contributed by atoms with Crippen molar-refractivity contribution in [2.45, 2.75) is 72.3 Å². The number of hydrogen-bond donors (Lipinski definition) is 0. The van der Waals surface area contributed by atoms with Gasteiger partial charge >= 0.3 is 5.97 Å². The molecule has 0 unspecified atom stereocenters. The molecule has 7 heteroatoms. The van der Waals surface area contributed by atoms with E-state index in [-0.39, 0.29) is 11.6 Å². The Bertz CT molecular complexity index is 873. The van der Waals surface area contributed by atoms with Crippen LogP contribution in [-0.2, 0) is 25.4 Å². The van der Waals surface area contributed by atoms with Crippen molar-refractivity contribution in [1.82, 2.24) is 9.88 Å². The van der Waals surface area contributed by atoms with E-state index in [9.17, 15) is 4.79 Å². The van der Waals surface area contributed by atoms with Gasteiger partial charge in [-0.25, -0.2) is 4.98 Å². The van der Waals surface area contributed by atoms with Crippen LogP contribution in [0.4, 0.5) is 5.82 Å². The minimum Gasteiger partial charge on any atom is -0.460 e. The SMILES string of the molecule is CCCC(C)(C)OC(=O)CCOCCc1ccc(C)cc1.CCCN(CCOCCN(C)C)c1ccccn1. The smallest absolute Gasteiger partial charge is 0.308 e. The lowest BCUT2D eigenvalue weighted by Crippen LogP contribution is -2.29. The molecular formula is C32H53N3O4. The van der Waals surface area contributed by atoms with Gasteiger partial charge in [0.2, 0.25) is 0 Å². The van der Waals surface area contributed by atoms with Crippen LogP contribution in [0, 0.1) is 6.92 Å². The highest BCUT2D eigenvalue weighted by molar-refractivity contribution is 5.69. The molecule has 0 fully saturated rings. The molecular weight excluding hydrogens is 490 g/mol. The normalized spacial score (nSPS) is 11.2. The zero-order valence-corrected chi connectivity index (χ0v) is 25.6. The molecule has 0 amide bonds. The molecule has 0 saturated carbocycles.